The number of aliphatic hydroxyl groups is 2. The molecule has 0 aromatic carbocycles. The second-order valence-corrected chi connectivity index (χ2v) is 10.9. The Morgan fingerprint density at radius 3 is 2.62 bits per heavy atom. The van der Waals surface area contributed by atoms with Gasteiger partial charge in [0.05, 0.1) is 0 Å². The molecule has 2 atom stereocenters. The fourth-order valence-electron chi connectivity index (χ4n) is 1.57. The molecular formula is C12H19BrO2Si. The second-order valence-electron chi connectivity index (χ2n) is 5.29. The van der Waals surface area contributed by atoms with Gasteiger partial charge in [-0.05, 0) is 19.3 Å². The van der Waals surface area contributed by atoms with Crippen LogP contribution in [0.5, 0.6) is 0 Å². The molecule has 90 valence electrons. The van der Waals surface area contributed by atoms with Crippen LogP contribution in [0.2, 0.25) is 19.6 Å². The van der Waals surface area contributed by atoms with Crippen LogP contribution < -0.4 is 0 Å². The first kappa shape index (κ1) is 14.0. The van der Waals surface area contributed by atoms with E-state index in [1.54, 1.807) is 0 Å². The summed E-state index contributed by atoms with van der Waals surface area (Å²) >= 11 is 3.33. The SMILES string of the molecule is C[Si](C)(C)C#C[C@@H](O)[C@]1(O)CCCC=C1Br. The Bertz CT molecular complexity index is 348. The van der Waals surface area contributed by atoms with Crippen LogP contribution in [-0.2, 0) is 0 Å². The van der Waals surface area contributed by atoms with E-state index >= 15 is 0 Å². The molecule has 0 spiro atoms. The van der Waals surface area contributed by atoms with Crippen molar-refractivity contribution in [1.29, 1.82) is 0 Å². The molecule has 1 rings (SSSR count). The van der Waals surface area contributed by atoms with E-state index in [9.17, 15) is 10.2 Å². The third-order valence-corrected chi connectivity index (χ3v) is 4.44. The molecule has 0 aromatic heterocycles. The van der Waals surface area contributed by atoms with Crippen molar-refractivity contribution >= 4 is 24.0 Å². The Morgan fingerprint density at radius 2 is 2.12 bits per heavy atom. The summed E-state index contributed by atoms with van der Waals surface area (Å²) in [5, 5.41) is 20.3. The van der Waals surface area contributed by atoms with Crippen molar-refractivity contribution < 1.29 is 10.2 Å². The molecule has 1 aliphatic rings. The molecule has 0 aliphatic heterocycles. The van der Waals surface area contributed by atoms with E-state index in [1.165, 1.54) is 0 Å². The molecular weight excluding hydrogens is 284 g/mol. The first-order chi connectivity index (χ1) is 7.26. The topological polar surface area (TPSA) is 40.5 Å². The lowest BCUT2D eigenvalue weighted by Gasteiger charge is -2.33. The van der Waals surface area contributed by atoms with Gasteiger partial charge < -0.3 is 10.2 Å². The number of halogens is 1. The van der Waals surface area contributed by atoms with E-state index in [4.69, 9.17) is 0 Å². The van der Waals surface area contributed by atoms with E-state index < -0.39 is 19.8 Å². The average molecular weight is 303 g/mol. The van der Waals surface area contributed by atoms with Gasteiger partial charge in [0, 0.05) is 4.48 Å². The predicted molar refractivity (Wildman–Crippen MR) is 72.9 cm³/mol. The van der Waals surface area contributed by atoms with Gasteiger partial charge in [-0.15, -0.1) is 5.54 Å². The lowest BCUT2D eigenvalue weighted by atomic mass is 9.86. The second kappa shape index (κ2) is 5.05. The standard InChI is InChI=1S/C12H19BrO2Si/c1-16(2,3)9-7-11(14)12(15)8-5-4-6-10(12)13/h6,11,14-15H,4-5,8H2,1-3H3/t11-,12+/m1/s1. The van der Waals surface area contributed by atoms with Crippen molar-refractivity contribution in [2.45, 2.75) is 50.6 Å². The minimum Gasteiger partial charge on any atom is -0.381 e. The van der Waals surface area contributed by atoms with Crippen molar-refractivity contribution in [3.8, 4) is 11.5 Å². The summed E-state index contributed by atoms with van der Waals surface area (Å²) in [6, 6.07) is 0. The molecule has 16 heavy (non-hydrogen) atoms. The number of aliphatic hydroxyl groups excluding tert-OH is 1. The number of hydrogen-bond donors (Lipinski definition) is 2. The summed E-state index contributed by atoms with van der Waals surface area (Å²) in [4.78, 5) is 0. The molecule has 4 heteroatoms. The van der Waals surface area contributed by atoms with Gasteiger partial charge in [-0.25, -0.2) is 0 Å². The van der Waals surface area contributed by atoms with Crippen molar-refractivity contribution in [2.75, 3.05) is 0 Å². The monoisotopic (exact) mass is 302 g/mol. The summed E-state index contributed by atoms with van der Waals surface area (Å²) in [6.45, 7) is 6.34. The fraction of sp³-hybridized carbons (Fsp3) is 0.667. The average Bonchev–Trinajstić information content (AvgIpc) is 2.18. The summed E-state index contributed by atoms with van der Waals surface area (Å²) in [6.07, 6.45) is 3.31. The molecule has 0 saturated carbocycles. The highest BCUT2D eigenvalue weighted by Gasteiger charge is 2.38. The summed E-state index contributed by atoms with van der Waals surface area (Å²) in [5.74, 6) is 2.81. The van der Waals surface area contributed by atoms with Crippen molar-refractivity contribution in [3.05, 3.63) is 10.6 Å². The van der Waals surface area contributed by atoms with Gasteiger partial charge in [-0.3, -0.25) is 0 Å². The molecule has 0 saturated heterocycles. The third-order valence-electron chi connectivity index (χ3n) is 2.54. The molecule has 0 amide bonds. The molecule has 0 unspecified atom stereocenters. The quantitative estimate of drug-likeness (QED) is 0.577. The number of rotatable bonds is 1. The van der Waals surface area contributed by atoms with Crippen LogP contribution in [0.25, 0.3) is 0 Å². The molecule has 0 bridgehead atoms. The van der Waals surface area contributed by atoms with Crippen molar-refractivity contribution in [2.24, 2.45) is 0 Å². The Morgan fingerprint density at radius 1 is 1.50 bits per heavy atom. The highest BCUT2D eigenvalue weighted by atomic mass is 79.9. The first-order valence-corrected chi connectivity index (χ1v) is 9.84. The third kappa shape index (κ3) is 3.46. The van der Waals surface area contributed by atoms with Crippen LogP contribution in [0.4, 0.5) is 0 Å². The Hall–Kier alpha value is -0.0831. The highest BCUT2D eigenvalue weighted by Crippen LogP contribution is 2.35. The maximum absolute atomic E-state index is 10.4. The van der Waals surface area contributed by atoms with Crippen molar-refractivity contribution in [1.82, 2.24) is 0 Å². The minimum atomic E-state index is -1.51. The van der Waals surface area contributed by atoms with Gasteiger partial charge in [0.2, 0.25) is 0 Å². The largest absolute Gasteiger partial charge is 0.381 e. The molecule has 0 fully saturated rings. The molecule has 0 heterocycles. The maximum atomic E-state index is 10.4. The van der Waals surface area contributed by atoms with E-state index in [0.717, 1.165) is 12.8 Å². The van der Waals surface area contributed by atoms with Gasteiger partial charge in [-0.2, -0.15) is 0 Å². The number of hydrogen-bond acceptors (Lipinski definition) is 2. The zero-order chi connectivity index (χ0) is 12.4. The normalized spacial score (nSPS) is 27.8. The number of allylic oxidation sites excluding steroid dienone is 1. The molecule has 1 aliphatic carbocycles. The lowest BCUT2D eigenvalue weighted by Crippen LogP contribution is -2.43. The van der Waals surface area contributed by atoms with Gasteiger partial charge in [-0.1, -0.05) is 47.6 Å². The Kier molecular flexibility index (Phi) is 4.41. The summed E-state index contributed by atoms with van der Waals surface area (Å²) < 4.78 is 0.670. The van der Waals surface area contributed by atoms with Crippen molar-refractivity contribution in [3.63, 3.8) is 0 Å². The Balaban J connectivity index is 2.87. The van der Waals surface area contributed by atoms with Gasteiger partial charge in [0.15, 0.2) is 0 Å². The summed E-state index contributed by atoms with van der Waals surface area (Å²) in [5.41, 5.74) is 1.89. The smallest absolute Gasteiger partial charge is 0.147 e. The van der Waals surface area contributed by atoms with Gasteiger partial charge in [0.1, 0.15) is 19.8 Å². The predicted octanol–water partition coefficient (Wildman–Crippen LogP) is 2.42. The zero-order valence-electron chi connectivity index (χ0n) is 10.0. The zero-order valence-corrected chi connectivity index (χ0v) is 12.6. The van der Waals surface area contributed by atoms with E-state index in [1.807, 2.05) is 6.08 Å². The Labute approximate surface area is 107 Å². The van der Waals surface area contributed by atoms with E-state index in [2.05, 4.69) is 47.0 Å². The van der Waals surface area contributed by atoms with E-state index in [-0.39, 0.29) is 0 Å². The maximum Gasteiger partial charge on any atom is 0.147 e. The van der Waals surface area contributed by atoms with Crippen LogP contribution in [0, 0.1) is 11.5 Å². The molecule has 2 nitrogen and oxygen atoms in total. The van der Waals surface area contributed by atoms with E-state index in [0.29, 0.717) is 10.9 Å². The summed E-state index contributed by atoms with van der Waals surface area (Å²) in [7, 11) is -1.51. The molecule has 0 aromatic rings. The molecule has 0 radical (unpaired) electrons. The lowest BCUT2D eigenvalue weighted by molar-refractivity contribution is -0.0217. The van der Waals surface area contributed by atoms with Gasteiger partial charge in [0.25, 0.3) is 0 Å². The fourth-order valence-corrected chi connectivity index (χ4v) is 2.78. The van der Waals surface area contributed by atoms with Crippen LogP contribution in [0.15, 0.2) is 10.6 Å². The van der Waals surface area contributed by atoms with Crippen LogP contribution in [0.1, 0.15) is 19.3 Å². The van der Waals surface area contributed by atoms with Crippen LogP contribution in [0.3, 0.4) is 0 Å². The van der Waals surface area contributed by atoms with Gasteiger partial charge >= 0.3 is 0 Å². The van der Waals surface area contributed by atoms with Crippen LogP contribution in [-0.4, -0.2) is 30.0 Å². The first-order valence-electron chi connectivity index (χ1n) is 5.55. The molecule has 2 N–H and O–H groups in total. The highest BCUT2D eigenvalue weighted by molar-refractivity contribution is 9.11. The minimum absolute atomic E-state index is 0.561. The van der Waals surface area contributed by atoms with Crippen LogP contribution >= 0.6 is 15.9 Å².